The van der Waals surface area contributed by atoms with Crippen LogP contribution in [0.15, 0.2) is 16.1 Å². The van der Waals surface area contributed by atoms with Crippen molar-refractivity contribution >= 4 is 18.0 Å². The lowest BCUT2D eigenvalue weighted by Crippen LogP contribution is -1.96. The van der Waals surface area contributed by atoms with Gasteiger partial charge in [0.05, 0.1) is 0 Å². The Morgan fingerprint density at radius 3 is 2.90 bits per heavy atom. The first-order valence-electron chi connectivity index (χ1n) is 2.99. The van der Waals surface area contributed by atoms with Crippen LogP contribution in [0.4, 0.5) is 0 Å². The van der Waals surface area contributed by atoms with Crippen LogP contribution in [0, 0.1) is 0 Å². The maximum Gasteiger partial charge on any atom is 0.0431 e. The fourth-order valence-electron chi connectivity index (χ4n) is 0.474. The lowest BCUT2D eigenvalue weighted by Gasteiger charge is -1.95. The quantitative estimate of drug-likeness (QED) is 0.480. The van der Waals surface area contributed by atoms with Gasteiger partial charge in [0, 0.05) is 24.4 Å². The van der Waals surface area contributed by atoms with Gasteiger partial charge in [-0.3, -0.25) is 15.7 Å². The fourth-order valence-corrected chi connectivity index (χ4v) is 1.12. The first-order valence-corrected chi connectivity index (χ1v) is 3.98. The number of rotatable bonds is 4. The Bertz CT molecular complexity index is 134. The molecule has 0 radical (unpaired) electrons. The SMILES string of the molecule is CCSC(C=NC)=CNO. The van der Waals surface area contributed by atoms with Gasteiger partial charge >= 0.3 is 0 Å². The molecule has 0 aromatic heterocycles. The Morgan fingerprint density at radius 2 is 2.50 bits per heavy atom. The molecule has 0 unspecified atom stereocenters. The van der Waals surface area contributed by atoms with E-state index < -0.39 is 0 Å². The highest BCUT2D eigenvalue weighted by atomic mass is 32.2. The van der Waals surface area contributed by atoms with Crippen molar-refractivity contribution in [1.82, 2.24) is 5.48 Å². The minimum absolute atomic E-state index is 0.924. The second-order valence-electron chi connectivity index (χ2n) is 1.50. The molecule has 0 saturated heterocycles. The summed E-state index contributed by atoms with van der Waals surface area (Å²) in [5.41, 5.74) is 1.96. The molecule has 0 aliphatic rings. The summed E-state index contributed by atoms with van der Waals surface area (Å²) in [6.07, 6.45) is 3.19. The minimum atomic E-state index is 0.924. The molecule has 2 N–H and O–H groups in total. The Labute approximate surface area is 65.2 Å². The summed E-state index contributed by atoms with van der Waals surface area (Å²) >= 11 is 1.61. The molecule has 0 saturated carbocycles. The predicted octanol–water partition coefficient (Wildman–Crippen LogP) is 1.26. The largest absolute Gasteiger partial charge is 0.295 e. The summed E-state index contributed by atoms with van der Waals surface area (Å²) in [4.78, 5) is 4.73. The van der Waals surface area contributed by atoms with Crippen LogP contribution in [0.25, 0.3) is 0 Å². The molecule has 0 bridgehead atoms. The van der Waals surface area contributed by atoms with E-state index in [9.17, 15) is 0 Å². The maximum atomic E-state index is 8.29. The lowest BCUT2D eigenvalue weighted by atomic mass is 10.6. The third-order valence-electron chi connectivity index (χ3n) is 0.774. The van der Waals surface area contributed by atoms with Crippen molar-refractivity contribution in [1.29, 1.82) is 0 Å². The Morgan fingerprint density at radius 1 is 1.80 bits per heavy atom. The zero-order valence-electron chi connectivity index (χ0n) is 6.16. The van der Waals surface area contributed by atoms with Crippen molar-refractivity contribution in [3.05, 3.63) is 11.1 Å². The number of hydrogen-bond acceptors (Lipinski definition) is 4. The molecule has 0 fully saturated rings. The van der Waals surface area contributed by atoms with E-state index in [-0.39, 0.29) is 0 Å². The van der Waals surface area contributed by atoms with Crippen LogP contribution in [0.5, 0.6) is 0 Å². The summed E-state index contributed by atoms with van der Waals surface area (Å²) in [7, 11) is 1.70. The van der Waals surface area contributed by atoms with Crippen LogP contribution in [0.1, 0.15) is 6.92 Å². The van der Waals surface area contributed by atoms with E-state index in [0.717, 1.165) is 10.7 Å². The maximum absolute atomic E-state index is 8.29. The smallest absolute Gasteiger partial charge is 0.0431 e. The standard InChI is InChI=1S/C6H12N2OS/c1-3-10-6(4-7-2)5-8-9/h4-5,8-9H,3H2,1-2H3. The van der Waals surface area contributed by atoms with E-state index in [2.05, 4.69) is 4.99 Å². The van der Waals surface area contributed by atoms with Crippen molar-refractivity contribution < 1.29 is 5.21 Å². The third-order valence-corrected chi connectivity index (χ3v) is 1.62. The molecule has 0 aromatic carbocycles. The van der Waals surface area contributed by atoms with E-state index >= 15 is 0 Å². The van der Waals surface area contributed by atoms with Crippen LogP contribution >= 0.6 is 11.8 Å². The number of hydroxylamine groups is 1. The summed E-state index contributed by atoms with van der Waals surface area (Å²) in [5, 5.41) is 8.29. The molecule has 0 atom stereocenters. The summed E-state index contributed by atoms with van der Waals surface area (Å²) in [5.74, 6) is 0.972. The van der Waals surface area contributed by atoms with Gasteiger partial charge in [-0.25, -0.2) is 0 Å². The van der Waals surface area contributed by atoms with Gasteiger partial charge in [0.1, 0.15) is 0 Å². The number of aliphatic imine (C=N–C) groups is 1. The molecule has 0 heterocycles. The van der Waals surface area contributed by atoms with Crippen LogP contribution in [0.3, 0.4) is 0 Å². The molecular formula is C6H12N2OS. The highest BCUT2D eigenvalue weighted by Gasteiger charge is 1.88. The van der Waals surface area contributed by atoms with E-state index in [0.29, 0.717) is 0 Å². The predicted molar refractivity (Wildman–Crippen MR) is 45.6 cm³/mol. The van der Waals surface area contributed by atoms with Gasteiger partial charge in [-0.2, -0.15) is 0 Å². The van der Waals surface area contributed by atoms with E-state index in [1.54, 1.807) is 25.0 Å². The van der Waals surface area contributed by atoms with Gasteiger partial charge in [0.2, 0.25) is 0 Å². The molecule has 0 spiro atoms. The number of nitrogens with one attached hydrogen (secondary N) is 1. The highest BCUT2D eigenvalue weighted by Crippen LogP contribution is 2.10. The van der Waals surface area contributed by atoms with Gasteiger partial charge in [-0.15, -0.1) is 11.8 Å². The highest BCUT2D eigenvalue weighted by molar-refractivity contribution is 8.03. The van der Waals surface area contributed by atoms with Crippen molar-refractivity contribution in [2.45, 2.75) is 6.92 Å². The van der Waals surface area contributed by atoms with Gasteiger partial charge in [-0.05, 0) is 5.75 Å². The Balaban J connectivity index is 3.84. The Kier molecular flexibility index (Phi) is 6.32. The van der Waals surface area contributed by atoms with E-state index in [1.807, 2.05) is 12.4 Å². The molecule has 0 aliphatic carbocycles. The Hall–Kier alpha value is -0.480. The minimum Gasteiger partial charge on any atom is -0.295 e. The topological polar surface area (TPSA) is 44.6 Å². The molecule has 4 heteroatoms. The molecule has 0 rings (SSSR count). The van der Waals surface area contributed by atoms with Crippen molar-refractivity contribution in [2.24, 2.45) is 4.99 Å². The second-order valence-corrected chi connectivity index (χ2v) is 2.83. The van der Waals surface area contributed by atoms with Crippen molar-refractivity contribution in [3.8, 4) is 0 Å². The van der Waals surface area contributed by atoms with Crippen LogP contribution < -0.4 is 5.48 Å². The second kappa shape index (κ2) is 6.64. The zero-order chi connectivity index (χ0) is 7.82. The van der Waals surface area contributed by atoms with Crippen LogP contribution in [-0.2, 0) is 0 Å². The number of nitrogens with zero attached hydrogens (tertiary/aromatic N) is 1. The van der Waals surface area contributed by atoms with E-state index in [4.69, 9.17) is 5.21 Å². The third kappa shape index (κ3) is 4.40. The molecule has 3 nitrogen and oxygen atoms in total. The molecule has 58 valence electrons. The van der Waals surface area contributed by atoms with Gasteiger partial charge in [-0.1, -0.05) is 6.92 Å². The van der Waals surface area contributed by atoms with E-state index in [1.165, 1.54) is 6.20 Å². The fraction of sp³-hybridized carbons (Fsp3) is 0.500. The number of thioether (sulfide) groups is 1. The van der Waals surface area contributed by atoms with Crippen LogP contribution in [0.2, 0.25) is 0 Å². The normalized spacial score (nSPS) is 12.5. The molecular weight excluding hydrogens is 148 g/mol. The summed E-state index contributed by atoms with van der Waals surface area (Å²) in [6, 6.07) is 0. The first kappa shape index (κ1) is 9.52. The monoisotopic (exact) mass is 160 g/mol. The van der Waals surface area contributed by atoms with Crippen molar-refractivity contribution in [2.75, 3.05) is 12.8 Å². The van der Waals surface area contributed by atoms with Gasteiger partial charge in [0.15, 0.2) is 0 Å². The first-order chi connectivity index (χ1) is 4.85. The summed E-state index contributed by atoms with van der Waals surface area (Å²) < 4.78 is 0. The van der Waals surface area contributed by atoms with Gasteiger partial charge in [0.25, 0.3) is 0 Å². The zero-order valence-corrected chi connectivity index (χ0v) is 6.98. The average Bonchev–Trinajstić information content (AvgIpc) is 1.90. The number of allylic oxidation sites excluding steroid dienone is 1. The summed E-state index contributed by atoms with van der Waals surface area (Å²) in [6.45, 7) is 2.04. The van der Waals surface area contributed by atoms with Crippen LogP contribution in [-0.4, -0.2) is 24.2 Å². The molecule has 10 heavy (non-hydrogen) atoms. The van der Waals surface area contributed by atoms with Gasteiger partial charge < -0.3 is 0 Å². The molecule has 0 amide bonds. The molecule has 0 aliphatic heterocycles. The molecule has 0 aromatic rings. The van der Waals surface area contributed by atoms with Crippen molar-refractivity contribution in [3.63, 3.8) is 0 Å². The number of hydrogen-bond donors (Lipinski definition) is 2. The average molecular weight is 160 g/mol. The lowest BCUT2D eigenvalue weighted by molar-refractivity contribution is 0.214.